The molecule has 6 nitrogen and oxygen atoms in total. The fourth-order valence-corrected chi connectivity index (χ4v) is 2.28. The number of aromatic nitrogens is 2. The molecule has 0 spiro atoms. The molecule has 0 aliphatic carbocycles. The SMILES string of the molecule is COCc1nnc(NC(=O)c2cccc(CC#N)c2)s1. The monoisotopic (exact) mass is 288 g/mol. The van der Waals surface area contributed by atoms with Gasteiger partial charge in [0.25, 0.3) is 5.91 Å². The van der Waals surface area contributed by atoms with Gasteiger partial charge in [0, 0.05) is 12.7 Å². The molecule has 0 fully saturated rings. The first kappa shape index (κ1) is 14.1. The quantitative estimate of drug-likeness (QED) is 0.909. The highest BCUT2D eigenvalue weighted by molar-refractivity contribution is 7.15. The van der Waals surface area contributed by atoms with E-state index >= 15 is 0 Å². The van der Waals surface area contributed by atoms with E-state index in [0.717, 1.165) is 5.56 Å². The van der Waals surface area contributed by atoms with Crippen LogP contribution in [0.25, 0.3) is 0 Å². The van der Waals surface area contributed by atoms with Gasteiger partial charge in [-0.15, -0.1) is 10.2 Å². The van der Waals surface area contributed by atoms with Crippen LogP contribution in [0.1, 0.15) is 20.9 Å². The Morgan fingerprint density at radius 3 is 3.10 bits per heavy atom. The van der Waals surface area contributed by atoms with E-state index in [0.29, 0.717) is 22.3 Å². The zero-order chi connectivity index (χ0) is 14.4. The van der Waals surface area contributed by atoms with Gasteiger partial charge in [-0.2, -0.15) is 5.26 Å². The number of anilines is 1. The Balaban J connectivity index is 2.07. The van der Waals surface area contributed by atoms with E-state index in [1.165, 1.54) is 11.3 Å². The number of benzene rings is 1. The topological polar surface area (TPSA) is 87.9 Å². The minimum Gasteiger partial charge on any atom is -0.377 e. The average Bonchev–Trinajstić information content (AvgIpc) is 2.87. The molecule has 1 N–H and O–H groups in total. The van der Waals surface area contributed by atoms with E-state index in [-0.39, 0.29) is 12.3 Å². The van der Waals surface area contributed by atoms with Gasteiger partial charge in [-0.3, -0.25) is 10.1 Å². The molecule has 0 saturated carbocycles. The Morgan fingerprint density at radius 2 is 2.35 bits per heavy atom. The van der Waals surface area contributed by atoms with Gasteiger partial charge in [0.2, 0.25) is 5.13 Å². The molecule has 0 saturated heterocycles. The van der Waals surface area contributed by atoms with Crippen molar-refractivity contribution in [2.45, 2.75) is 13.0 Å². The molecule has 20 heavy (non-hydrogen) atoms. The van der Waals surface area contributed by atoms with E-state index in [2.05, 4.69) is 21.6 Å². The normalized spacial score (nSPS) is 10.0. The number of carbonyl (C=O) groups excluding carboxylic acids is 1. The van der Waals surface area contributed by atoms with Gasteiger partial charge in [-0.25, -0.2) is 0 Å². The minimum absolute atomic E-state index is 0.273. The summed E-state index contributed by atoms with van der Waals surface area (Å²) >= 11 is 1.26. The first-order valence-electron chi connectivity index (χ1n) is 5.81. The largest absolute Gasteiger partial charge is 0.377 e. The van der Waals surface area contributed by atoms with Crippen LogP contribution in [-0.4, -0.2) is 23.2 Å². The van der Waals surface area contributed by atoms with Gasteiger partial charge < -0.3 is 4.74 Å². The summed E-state index contributed by atoms with van der Waals surface area (Å²) in [4.78, 5) is 12.1. The lowest BCUT2D eigenvalue weighted by Crippen LogP contribution is -2.11. The summed E-state index contributed by atoms with van der Waals surface area (Å²) in [6.45, 7) is 0.366. The van der Waals surface area contributed by atoms with Gasteiger partial charge in [0.15, 0.2) is 0 Å². The third-order valence-corrected chi connectivity index (χ3v) is 3.24. The van der Waals surface area contributed by atoms with Crippen LogP contribution < -0.4 is 5.32 Å². The maximum Gasteiger partial charge on any atom is 0.257 e. The second-order valence-corrected chi connectivity index (χ2v) is 4.99. The van der Waals surface area contributed by atoms with Gasteiger partial charge in [0.05, 0.1) is 12.5 Å². The minimum atomic E-state index is -0.273. The number of amides is 1. The maximum atomic E-state index is 12.1. The van der Waals surface area contributed by atoms with Gasteiger partial charge in [-0.1, -0.05) is 23.5 Å². The zero-order valence-corrected chi connectivity index (χ0v) is 11.6. The Hall–Kier alpha value is -2.30. The van der Waals surface area contributed by atoms with Crippen LogP contribution in [0.15, 0.2) is 24.3 Å². The lowest BCUT2D eigenvalue weighted by Gasteiger charge is -2.02. The predicted octanol–water partition coefficient (Wildman–Crippen LogP) is 2.00. The Bertz CT molecular complexity index is 648. The number of methoxy groups -OCH3 is 1. The Kier molecular flexibility index (Phi) is 4.76. The smallest absolute Gasteiger partial charge is 0.257 e. The van der Waals surface area contributed by atoms with Crippen LogP contribution in [0.3, 0.4) is 0 Å². The van der Waals surface area contributed by atoms with Crippen molar-refractivity contribution in [2.24, 2.45) is 0 Å². The van der Waals surface area contributed by atoms with Crippen LogP contribution in [0.4, 0.5) is 5.13 Å². The molecule has 0 aliphatic rings. The standard InChI is InChI=1S/C13H12N4O2S/c1-19-8-11-16-17-13(20-11)15-12(18)10-4-2-3-9(7-10)5-6-14/h2-4,7H,5,8H2,1H3,(H,15,17,18). The fraction of sp³-hybridized carbons (Fsp3) is 0.231. The summed E-state index contributed by atoms with van der Waals surface area (Å²) in [5, 5.41) is 20.2. The number of hydrogen-bond acceptors (Lipinski definition) is 6. The summed E-state index contributed by atoms with van der Waals surface area (Å²) < 4.78 is 4.94. The molecule has 0 bridgehead atoms. The molecular weight excluding hydrogens is 276 g/mol. The van der Waals surface area contributed by atoms with Gasteiger partial charge >= 0.3 is 0 Å². The van der Waals surface area contributed by atoms with Crippen molar-refractivity contribution in [3.05, 3.63) is 40.4 Å². The van der Waals surface area contributed by atoms with Gasteiger partial charge in [0.1, 0.15) is 11.6 Å². The number of rotatable bonds is 5. The van der Waals surface area contributed by atoms with E-state index < -0.39 is 0 Å². The van der Waals surface area contributed by atoms with Crippen molar-refractivity contribution < 1.29 is 9.53 Å². The molecule has 0 radical (unpaired) electrons. The number of ether oxygens (including phenoxy) is 1. The zero-order valence-electron chi connectivity index (χ0n) is 10.8. The highest BCUT2D eigenvalue weighted by Crippen LogP contribution is 2.17. The average molecular weight is 288 g/mol. The molecule has 7 heteroatoms. The second-order valence-electron chi connectivity index (χ2n) is 3.92. The summed E-state index contributed by atoms with van der Waals surface area (Å²) in [6, 6.07) is 8.98. The number of carbonyl (C=O) groups is 1. The molecule has 2 rings (SSSR count). The van der Waals surface area contributed by atoms with Crippen molar-refractivity contribution in [1.82, 2.24) is 10.2 Å². The van der Waals surface area contributed by atoms with E-state index in [9.17, 15) is 4.79 Å². The first-order valence-corrected chi connectivity index (χ1v) is 6.63. The number of nitrogens with zero attached hydrogens (tertiary/aromatic N) is 3. The Labute approximate surface area is 120 Å². The maximum absolute atomic E-state index is 12.1. The molecule has 102 valence electrons. The highest BCUT2D eigenvalue weighted by atomic mass is 32.1. The summed E-state index contributed by atoms with van der Waals surface area (Å²) in [6.07, 6.45) is 0.276. The van der Waals surface area contributed by atoms with E-state index in [1.807, 2.05) is 6.07 Å². The van der Waals surface area contributed by atoms with Crippen LogP contribution in [0, 0.1) is 11.3 Å². The van der Waals surface area contributed by atoms with Crippen LogP contribution >= 0.6 is 11.3 Å². The van der Waals surface area contributed by atoms with Crippen LogP contribution in [0.5, 0.6) is 0 Å². The van der Waals surface area contributed by atoms with Crippen molar-refractivity contribution in [2.75, 3.05) is 12.4 Å². The van der Waals surface area contributed by atoms with Gasteiger partial charge in [-0.05, 0) is 17.7 Å². The lowest BCUT2D eigenvalue weighted by atomic mass is 10.1. The van der Waals surface area contributed by atoms with Crippen molar-refractivity contribution >= 4 is 22.4 Å². The number of nitriles is 1. The first-order chi connectivity index (χ1) is 9.72. The van der Waals surface area contributed by atoms with Crippen molar-refractivity contribution in [1.29, 1.82) is 5.26 Å². The van der Waals surface area contributed by atoms with Crippen LogP contribution in [0.2, 0.25) is 0 Å². The number of hydrogen-bond donors (Lipinski definition) is 1. The molecule has 0 aliphatic heterocycles. The molecular formula is C13H12N4O2S. The molecule has 1 aromatic carbocycles. The van der Waals surface area contributed by atoms with E-state index in [4.69, 9.17) is 10.00 Å². The second kappa shape index (κ2) is 6.75. The van der Waals surface area contributed by atoms with Crippen molar-refractivity contribution in [3.8, 4) is 6.07 Å². The third kappa shape index (κ3) is 3.60. The summed E-state index contributed by atoms with van der Waals surface area (Å²) in [7, 11) is 1.57. The molecule has 1 aromatic heterocycles. The summed E-state index contributed by atoms with van der Waals surface area (Å²) in [5.74, 6) is -0.273. The lowest BCUT2D eigenvalue weighted by molar-refractivity contribution is 0.102. The Morgan fingerprint density at radius 1 is 1.50 bits per heavy atom. The molecule has 1 heterocycles. The highest BCUT2D eigenvalue weighted by Gasteiger charge is 2.10. The molecule has 0 unspecified atom stereocenters. The fourth-order valence-electron chi connectivity index (χ4n) is 1.57. The molecule has 0 atom stereocenters. The summed E-state index contributed by atoms with van der Waals surface area (Å²) in [5.41, 5.74) is 1.29. The van der Waals surface area contributed by atoms with Crippen LogP contribution in [-0.2, 0) is 17.8 Å². The third-order valence-electron chi connectivity index (χ3n) is 2.43. The van der Waals surface area contributed by atoms with Crippen molar-refractivity contribution in [3.63, 3.8) is 0 Å². The number of nitrogens with one attached hydrogen (secondary N) is 1. The van der Waals surface area contributed by atoms with E-state index in [1.54, 1.807) is 25.3 Å². The predicted molar refractivity (Wildman–Crippen MR) is 74.3 cm³/mol. The molecule has 1 amide bonds. The molecule has 2 aromatic rings.